The standard InChI is InChI=1S/C12H24N2O2/c1-4-12(3,16)8-14-11(15)10-7-9(2)5-6-13-10/h9-10,13,16H,4-8H2,1-3H3,(H,14,15). The van der Waals surface area contributed by atoms with Gasteiger partial charge in [-0.25, -0.2) is 0 Å². The van der Waals surface area contributed by atoms with E-state index in [4.69, 9.17) is 0 Å². The summed E-state index contributed by atoms with van der Waals surface area (Å²) in [6, 6.07) is -0.0867. The van der Waals surface area contributed by atoms with Crippen molar-refractivity contribution in [1.82, 2.24) is 10.6 Å². The molecule has 1 aliphatic rings. The highest BCUT2D eigenvalue weighted by Crippen LogP contribution is 2.15. The zero-order chi connectivity index (χ0) is 12.2. The summed E-state index contributed by atoms with van der Waals surface area (Å²) < 4.78 is 0. The summed E-state index contributed by atoms with van der Waals surface area (Å²) in [5.41, 5.74) is -0.796. The Kier molecular flexibility index (Phi) is 4.74. The van der Waals surface area contributed by atoms with Gasteiger partial charge in [0.2, 0.25) is 5.91 Å². The smallest absolute Gasteiger partial charge is 0.237 e. The van der Waals surface area contributed by atoms with Crippen LogP contribution in [0.15, 0.2) is 0 Å². The minimum Gasteiger partial charge on any atom is -0.388 e. The molecule has 1 saturated heterocycles. The number of carbonyl (C=O) groups is 1. The van der Waals surface area contributed by atoms with E-state index in [0.717, 1.165) is 19.4 Å². The highest BCUT2D eigenvalue weighted by molar-refractivity contribution is 5.81. The van der Waals surface area contributed by atoms with Crippen LogP contribution in [0.1, 0.15) is 40.0 Å². The van der Waals surface area contributed by atoms with E-state index in [1.807, 2.05) is 6.92 Å². The van der Waals surface area contributed by atoms with Gasteiger partial charge in [0.05, 0.1) is 11.6 Å². The Labute approximate surface area is 97.8 Å². The Balaban J connectivity index is 2.34. The van der Waals surface area contributed by atoms with Gasteiger partial charge in [0.15, 0.2) is 0 Å². The number of rotatable bonds is 4. The second-order valence-electron chi connectivity index (χ2n) is 5.20. The van der Waals surface area contributed by atoms with Crippen molar-refractivity contribution < 1.29 is 9.90 Å². The predicted molar refractivity (Wildman–Crippen MR) is 64.1 cm³/mol. The molecule has 3 unspecified atom stereocenters. The van der Waals surface area contributed by atoms with Gasteiger partial charge in [-0.3, -0.25) is 4.79 Å². The van der Waals surface area contributed by atoms with Gasteiger partial charge in [-0.1, -0.05) is 13.8 Å². The minimum absolute atomic E-state index is 0.0141. The SMILES string of the molecule is CCC(C)(O)CNC(=O)C1CC(C)CCN1. The first-order chi connectivity index (χ1) is 7.44. The lowest BCUT2D eigenvalue weighted by atomic mass is 9.93. The molecule has 0 saturated carbocycles. The number of hydrogen-bond acceptors (Lipinski definition) is 3. The van der Waals surface area contributed by atoms with E-state index in [9.17, 15) is 9.90 Å². The van der Waals surface area contributed by atoms with Crippen LogP contribution in [0.25, 0.3) is 0 Å². The average Bonchev–Trinajstić information content (AvgIpc) is 2.26. The summed E-state index contributed by atoms with van der Waals surface area (Å²) in [5, 5.41) is 15.8. The third kappa shape index (κ3) is 4.10. The zero-order valence-corrected chi connectivity index (χ0v) is 10.5. The molecule has 1 rings (SSSR count). The number of aliphatic hydroxyl groups is 1. The first-order valence-electron chi connectivity index (χ1n) is 6.18. The molecule has 1 aliphatic heterocycles. The molecule has 0 aromatic heterocycles. The lowest BCUT2D eigenvalue weighted by Gasteiger charge is -2.29. The molecule has 0 aromatic rings. The minimum atomic E-state index is -0.796. The van der Waals surface area contributed by atoms with Gasteiger partial charge < -0.3 is 15.7 Å². The molecule has 94 valence electrons. The van der Waals surface area contributed by atoms with Crippen molar-refractivity contribution in [2.24, 2.45) is 5.92 Å². The van der Waals surface area contributed by atoms with Crippen LogP contribution >= 0.6 is 0 Å². The van der Waals surface area contributed by atoms with Crippen molar-refractivity contribution in [1.29, 1.82) is 0 Å². The molecular weight excluding hydrogens is 204 g/mol. The topological polar surface area (TPSA) is 61.4 Å². The molecule has 1 amide bonds. The van der Waals surface area contributed by atoms with Gasteiger partial charge >= 0.3 is 0 Å². The van der Waals surface area contributed by atoms with Crippen molar-refractivity contribution in [3.05, 3.63) is 0 Å². The molecule has 4 heteroatoms. The van der Waals surface area contributed by atoms with Gasteiger partial charge in [-0.2, -0.15) is 0 Å². The van der Waals surface area contributed by atoms with E-state index < -0.39 is 5.60 Å². The highest BCUT2D eigenvalue weighted by atomic mass is 16.3. The second-order valence-corrected chi connectivity index (χ2v) is 5.20. The fourth-order valence-corrected chi connectivity index (χ4v) is 1.83. The lowest BCUT2D eigenvalue weighted by Crippen LogP contribution is -2.51. The van der Waals surface area contributed by atoms with Crippen LogP contribution in [-0.2, 0) is 4.79 Å². The Morgan fingerprint density at radius 2 is 2.31 bits per heavy atom. The molecule has 0 bridgehead atoms. The van der Waals surface area contributed by atoms with Crippen molar-refractivity contribution in [3.8, 4) is 0 Å². The molecule has 16 heavy (non-hydrogen) atoms. The zero-order valence-electron chi connectivity index (χ0n) is 10.5. The Bertz CT molecular complexity index is 241. The monoisotopic (exact) mass is 228 g/mol. The van der Waals surface area contributed by atoms with Crippen molar-refractivity contribution in [2.75, 3.05) is 13.1 Å². The van der Waals surface area contributed by atoms with E-state index in [1.54, 1.807) is 6.92 Å². The molecule has 1 fully saturated rings. The first-order valence-corrected chi connectivity index (χ1v) is 6.18. The highest BCUT2D eigenvalue weighted by Gasteiger charge is 2.26. The van der Waals surface area contributed by atoms with E-state index in [2.05, 4.69) is 17.6 Å². The number of hydrogen-bond donors (Lipinski definition) is 3. The van der Waals surface area contributed by atoms with Gasteiger partial charge in [0.1, 0.15) is 0 Å². The summed E-state index contributed by atoms with van der Waals surface area (Å²) in [6.45, 7) is 7.05. The summed E-state index contributed by atoms with van der Waals surface area (Å²) in [4.78, 5) is 11.8. The molecular formula is C12H24N2O2. The van der Waals surface area contributed by atoms with Gasteiger partial charge in [0, 0.05) is 6.54 Å². The van der Waals surface area contributed by atoms with Crippen molar-refractivity contribution >= 4 is 5.91 Å². The van der Waals surface area contributed by atoms with Crippen LogP contribution in [0.2, 0.25) is 0 Å². The van der Waals surface area contributed by atoms with Crippen LogP contribution < -0.4 is 10.6 Å². The Hall–Kier alpha value is -0.610. The third-order valence-corrected chi connectivity index (χ3v) is 3.39. The molecule has 3 N–H and O–H groups in total. The molecule has 0 aliphatic carbocycles. The maximum absolute atomic E-state index is 11.8. The second kappa shape index (κ2) is 5.64. The van der Waals surface area contributed by atoms with Crippen LogP contribution in [-0.4, -0.2) is 35.7 Å². The van der Waals surface area contributed by atoms with Crippen LogP contribution in [0.5, 0.6) is 0 Å². The van der Waals surface area contributed by atoms with Crippen molar-refractivity contribution in [2.45, 2.75) is 51.7 Å². The number of nitrogens with one attached hydrogen (secondary N) is 2. The van der Waals surface area contributed by atoms with E-state index >= 15 is 0 Å². The fourth-order valence-electron chi connectivity index (χ4n) is 1.83. The lowest BCUT2D eigenvalue weighted by molar-refractivity contribution is -0.125. The number of amides is 1. The van der Waals surface area contributed by atoms with Gasteiger partial charge in [-0.05, 0) is 38.6 Å². The molecule has 0 aromatic carbocycles. The third-order valence-electron chi connectivity index (χ3n) is 3.39. The van der Waals surface area contributed by atoms with Crippen molar-refractivity contribution in [3.63, 3.8) is 0 Å². The molecule has 4 nitrogen and oxygen atoms in total. The number of piperidine rings is 1. The van der Waals surface area contributed by atoms with Crippen LogP contribution in [0.3, 0.4) is 0 Å². The van der Waals surface area contributed by atoms with E-state index in [-0.39, 0.29) is 11.9 Å². The molecule has 3 atom stereocenters. The normalized spacial score (nSPS) is 29.5. The maximum Gasteiger partial charge on any atom is 0.237 e. The Morgan fingerprint density at radius 1 is 1.62 bits per heavy atom. The maximum atomic E-state index is 11.8. The summed E-state index contributed by atoms with van der Waals surface area (Å²) in [7, 11) is 0. The summed E-state index contributed by atoms with van der Waals surface area (Å²) >= 11 is 0. The average molecular weight is 228 g/mol. The summed E-state index contributed by atoms with van der Waals surface area (Å²) in [6.07, 6.45) is 2.67. The molecule has 1 heterocycles. The van der Waals surface area contributed by atoms with Crippen LogP contribution in [0.4, 0.5) is 0 Å². The van der Waals surface area contributed by atoms with Gasteiger partial charge in [0.25, 0.3) is 0 Å². The first kappa shape index (κ1) is 13.5. The van der Waals surface area contributed by atoms with Gasteiger partial charge in [-0.15, -0.1) is 0 Å². The predicted octanol–water partition coefficient (Wildman–Crippen LogP) is 0.652. The van der Waals surface area contributed by atoms with Crippen LogP contribution in [0, 0.1) is 5.92 Å². The molecule has 0 spiro atoms. The summed E-state index contributed by atoms with van der Waals surface area (Å²) in [5.74, 6) is 0.615. The largest absolute Gasteiger partial charge is 0.388 e. The van der Waals surface area contributed by atoms with E-state index in [0.29, 0.717) is 18.9 Å². The quantitative estimate of drug-likeness (QED) is 0.662. The Morgan fingerprint density at radius 3 is 2.88 bits per heavy atom. The van der Waals surface area contributed by atoms with E-state index in [1.165, 1.54) is 0 Å². The fraction of sp³-hybridized carbons (Fsp3) is 0.917. The molecule has 0 radical (unpaired) electrons. The number of carbonyl (C=O) groups excluding carboxylic acids is 1.